The van der Waals surface area contributed by atoms with E-state index in [0.29, 0.717) is 0 Å². The molecule has 0 aliphatic rings. The molecule has 0 aliphatic carbocycles. The Balaban J connectivity index is 0. The molecule has 4 heteroatoms. The highest BCUT2D eigenvalue weighted by atomic mass is 35.5. The largest absolute Gasteiger partial charge is 1.00 e. The standard InChI is InChI=1S/C12H20N.C4H9NO.ClH/c1-4-13(5-2,6-3)12-10-8-7-9-11-12;1-4(6)5(2)3;/h7-11H,4-6H2,1-3H3;1-3H3;1H/q+1;;/p-1. The quantitative estimate of drug-likeness (QED) is 0.725. The van der Waals surface area contributed by atoms with Crippen LogP contribution in [0, 0.1) is 0 Å². The maximum absolute atomic E-state index is 10.1. The van der Waals surface area contributed by atoms with E-state index >= 15 is 0 Å². The second-order valence-corrected chi connectivity index (χ2v) is 4.84. The van der Waals surface area contributed by atoms with Crippen molar-refractivity contribution in [2.45, 2.75) is 27.7 Å². The Morgan fingerprint density at radius 3 is 1.60 bits per heavy atom. The minimum absolute atomic E-state index is 0. The van der Waals surface area contributed by atoms with E-state index in [1.54, 1.807) is 14.1 Å². The highest BCUT2D eigenvalue weighted by Gasteiger charge is 2.23. The molecule has 1 aromatic rings. The summed E-state index contributed by atoms with van der Waals surface area (Å²) in [7, 11) is 3.45. The Morgan fingerprint density at radius 2 is 1.35 bits per heavy atom. The summed E-state index contributed by atoms with van der Waals surface area (Å²) in [6, 6.07) is 10.8. The van der Waals surface area contributed by atoms with Gasteiger partial charge in [-0.25, -0.2) is 0 Å². The molecule has 0 saturated heterocycles. The van der Waals surface area contributed by atoms with Crippen molar-refractivity contribution in [1.29, 1.82) is 0 Å². The Kier molecular flexibility index (Phi) is 11.4. The van der Waals surface area contributed by atoms with Crippen molar-refractivity contribution in [3.8, 4) is 0 Å². The van der Waals surface area contributed by atoms with Crippen LogP contribution in [0.2, 0.25) is 0 Å². The van der Waals surface area contributed by atoms with Crippen LogP contribution in [-0.4, -0.2) is 44.5 Å². The van der Waals surface area contributed by atoms with Gasteiger partial charge in [-0.15, -0.1) is 0 Å². The fourth-order valence-corrected chi connectivity index (χ4v) is 1.96. The third-order valence-corrected chi connectivity index (χ3v) is 3.75. The van der Waals surface area contributed by atoms with Gasteiger partial charge in [0.25, 0.3) is 0 Å². The second-order valence-electron chi connectivity index (χ2n) is 4.84. The lowest BCUT2D eigenvalue weighted by Crippen LogP contribution is -3.00. The summed E-state index contributed by atoms with van der Waals surface area (Å²) >= 11 is 0. The number of carbonyl (C=O) groups excluding carboxylic acids is 1. The SMILES string of the molecule is CC(=O)N(C)C.CC[N+](CC)(CC)c1ccccc1.[Cl-]. The zero-order valence-electron chi connectivity index (χ0n) is 13.7. The average Bonchev–Trinajstić information content (AvgIpc) is 2.43. The molecule has 0 N–H and O–H groups in total. The number of rotatable bonds is 4. The van der Waals surface area contributed by atoms with E-state index in [2.05, 4.69) is 51.1 Å². The molecular weight excluding hydrogens is 272 g/mol. The van der Waals surface area contributed by atoms with Crippen LogP contribution in [0.4, 0.5) is 5.69 Å². The Morgan fingerprint density at radius 1 is 1.00 bits per heavy atom. The van der Waals surface area contributed by atoms with Gasteiger partial charge in [-0.2, -0.15) is 0 Å². The molecule has 0 unspecified atom stereocenters. The number of halogens is 1. The third kappa shape index (κ3) is 6.40. The maximum Gasteiger partial charge on any atom is 0.218 e. The lowest BCUT2D eigenvalue weighted by atomic mass is 10.2. The summed E-state index contributed by atoms with van der Waals surface area (Å²) in [5.41, 5.74) is 1.44. The lowest BCUT2D eigenvalue weighted by Gasteiger charge is -2.35. The van der Waals surface area contributed by atoms with Crippen LogP contribution in [-0.2, 0) is 4.79 Å². The number of hydrogen-bond acceptors (Lipinski definition) is 1. The van der Waals surface area contributed by atoms with Gasteiger partial charge < -0.3 is 17.3 Å². The number of benzene rings is 1. The molecule has 0 aliphatic heterocycles. The highest BCUT2D eigenvalue weighted by Crippen LogP contribution is 2.21. The monoisotopic (exact) mass is 300 g/mol. The van der Waals surface area contributed by atoms with Crippen molar-refractivity contribution < 1.29 is 17.2 Å². The molecule has 0 spiro atoms. The molecule has 1 aromatic carbocycles. The van der Waals surface area contributed by atoms with Crippen LogP contribution in [0.15, 0.2) is 30.3 Å². The van der Waals surface area contributed by atoms with Crippen molar-refractivity contribution in [2.24, 2.45) is 0 Å². The van der Waals surface area contributed by atoms with Gasteiger partial charge in [-0.3, -0.25) is 9.28 Å². The van der Waals surface area contributed by atoms with Gasteiger partial charge in [0.15, 0.2) is 0 Å². The van der Waals surface area contributed by atoms with Gasteiger partial charge in [0.05, 0.1) is 19.6 Å². The molecule has 116 valence electrons. The number of carbonyl (C=O) groups is 1. The van der Waals surface area contributed by atoms with Crippen LogP contribution < -0.4 is 16.9 Å². The molecule has 0 bridgehead atoms. The van der Waals surface area contributed by atoms with E-state index in [-0.39, 0.29) is 18.3 Å². The number of amides is 1. The zero-order chi connectivity index (χ0) is 14.9. The highest BCUT2D eigenvalue weighted by molar-refractivity contribution is 5.72. The van der Waals surface area contributed by atoms with E-state index in [0.717, 1.165) is 4.48 Å². The molecule has 20 heavy (non-hydrogen) atoms. The topological polar surface area (TPSA) is 20.3 Å². The van der Waals surface area contributed by atoms with Crippen molar-refractivity contribution in [3.63, 3.8) is 0 Å². The molecular formula is C16H29ClN2O. The van der Waals surface area contributed by atoms with Gasteiger partial charge in [0.1, 0.15) is 5.69 Å². The average molecular weight is 301 g/mol. The Hall–Kier alpha value is -1.06. The van der Waals surface area contributed by atoms with Crippen molar-refractivity contribution >= 4 is 11.6 Å². The first-order valence-corrected chi connectivity index (χ1v) is 7.03. The Labute approximate surface area is 130 Å². The van der Waals surface area contributed by atoms with Gasteiger partial charge in [-0.05, 0) is 32.9 Å². The van der Waals surface area contributed by atoms with Crippen molar-refractivity contribution in [1.82, 2.24) is 9.38 Å². The van der Waals surface area contributed by atoms with Gasteiger partial charge in [-0.1, -0.05) is 18.2 Å². The second kappa shape index (κ2) is 10.7. The van der Waals surface area contributed by atoms with Gasteiger partial charge >= 0.3 is 0 Å². The predicted molar refractivity (Wildman–Crippen MR) is 84.2 cm³/mol. The fourth-order valence-electron chi connectivity index (χ4n) is 1.96. The van der Waals surface area contributed by atoms with E-state index in [4.69, 9.17) is 0 Å². The van der Waals surface area contributed by atoms with Crippen molar-refractivity contribution in [2.75, 3.05) is 33.7 Å². The number of hydrogen-bond donors (Lipinski definition) is 0. The van der Waals surface area contributed by atoms with Gasteiger partial charge in [0, 0.05) is 21.0 Å². The summed E-state index contributed by atoms with van der Waals surface area (Å²) in [5.74, 6) is 0.0926. The zero-order valence-corrected chi connectivity index (χ0v) is 14.4. The molecule has 1 rings (SSSR count). The third-order valence-electron chi connectivity index (χ3n) is 3.75. The van der Waals surface area contributed by atoms with Gasteiger partial charge in [0.2, 0.25) is 5.91 Å². The smallest absolute Gasteiger partial charge is 0.218 e. The molecule has 0 fully saturated rings. The minimum Gasteiger partial charge on any atom is -1.00 e. The summed E-state index contributed by atoms with van der Waals surface area (Å²) < 4.78 is 1.10. The van der Waals surface area contributed by atoms with E-state index < -0.39 is 0 Å². The first-order valence-electron chi connectivity index (χ1n) is 7.03. The first-order chi connectivity index (χ1) is 8.93. The van der Waals surface area contributed by atoms with Crippen molar-refractivity contribution in [3.05, 3.63) is 30.3 Å². The number of quaternary nitrogens is 1. The van der Waals surface area contributed by atoms with E-state index in [1.165, 1.54) is 37.1 Å². The lowest BCUT2D eigenvalue weighted by molar-refractivity contribution is -0.126. The number of para-hydroxylation sites is 1. The normalized spacial score (nSPS) is 9.90. The van der Waals surface area contributed by atoms with Crippen LogP contribution in [0.3, 0.4) is 0 Å². The molecule has 0 radical (unpaired) electrons. The fraction of sp³-hybridized carbons (Fsp3) is 0.562. The number of nitrogens with zero attached hydrogens (tertiary/aromatic N) is 2. The first kappa shape index (κ1) is 21.2. The van der Waals surface area contributed by atoms with Crippen LogP contribution in [0.1, 0.15) is 27.7 Å². The molecule has 3 nitrogen and oxygen atoms in total. The summed E-state index contributed by atoms with van der Waals surface area (Å²) in [4.78, 5) is 11.6. The minimum atomic E-state index is 0. The molecule has 0 atom stereocenters. The van der Waals surface area contributed by atoms with E-state index in [1.807, 2.05) is 0 Å². The summed E-state index contributed by atoms with van der Waals surface area (Å²) in [5, 5.41) is 0. The Bertz CT molecular complexity index is 354. The maximum atomic E-state index is 10.1. The molecule has 0 heterocycles. The summed E-state index contributed by atoms with van der Waals surface area (Å²) in [6.07, 6.45) is 0. The molecule has 0 aromatic heterocycles. The summed E-state index contributed by atoms with van der Waals surface area (Å²) in [6.45, 7) is 11.9. The van der Waals surface area contributed by atoms with Crippen LogP contribution in [0.5, 0.6) is 0 Å². The van der Waals surface area contributed by atoms with E-state index in [9.17, 15) is 4.79 Å². The molecule has 1 amide bonds. The van der Waals surface area contributed by atoms with Crippen LogP contribution >= 0.6 is 0 Å². The predicted octanol–water partition coefficient (Wildman–Crippen LogP) is 0.152. The molecule has 0 saturated carbocycles. The van der Waals surface area contributed by atoms with Crippen LogP contribution in [0.25, 0.3) is 0 Å².